The highest BCUT2D eigenvalue weighted by Gasteiger charge is 2.18. The van der Waals surface area contributed by atoms with Crippen molar-refractivity contribution in [3.63, 3.8) is 0 Å². The lowest BCUT2D eigenvalue weighted by Gasteiger charge is -2.34. The first-order valence-corrected chi connectivity index (χ1v) is 5.38. The third-order valence-electron chi connectivity index (χ3n) is 2.79. The average Bonchev–Trinajstić information content (AvgIpc) is 2.29. The maximum Gasteiger partial charge on any atom is 0.125 e. The molecule has 4 heteroatoms. The number of rotatable bonds is 1. The van der Waals surface area contributed by atoms with Gasteiger partial charge in [-0.05, 0) is 25.1 Å². The highest BCUT2D eigenvalue weighted by molar-refractivity contribution is 5.59. The summed E-state index contributed by atoms with van der Waals surface area (Å²) >= 11 is 0. The second kappa shape index (κ2) is 4.50. The van der Waals surface area contributed by atoms with Crippen LogP contribution < -0.4 is 10.2 Å². The number of benzene rings is 1. The molecule has 0 saturated carbocycles. The minimum atomic E-state index is -0.291. The van der Waals surface area contributed by atoms with Crippen molar-refractivity contribution in [2.24, 2.45) is 0 Å². The lowest BCUT2D eigenvalue weighted by atomic mass is 10.1. The number of nitrogens with zero attached hydrogens (tertiary/aromatic N) is 2. The Balaban J connectivity index is 2.31. The highest BCUT2D eigenvalue weighted by atomic mass is 19.1. The van der Waals surface area contributed by atoms with Crippen molar-refractivity contribution in [2.75, 3.05) is 24.5 Å². The van der Waals surface area contributed by atoms with Gasteiger partial charge in [0.2, 0.25) is 0 Å². The van der Waals surface area contributed by atoms with Gasteiger partial charge in [-0.15, -0.1) is 0 Å². The molecule has 0 bridgehead atoms. The molecule has 0 aromatic heterocycles. The molecule has 1 aliphatic heterocycles. The van der Waals surface area contributed by atoms with E-state index in [9.17, 15) is 4.39 Å². The average molecular weight is 219 g/mol. The number of hydrogen-bond donors (Lipinski definition) is 1. The molecule has 1 aliphatic rings. The summed E-state index contributed by atoms with van der Waals surface area (Å²) in [4.78, 5) is 2.06. The Hall–Kier alpha value is -1.60. The van der Waals surface area contributed by atoms with Crippen LogP contribution in [0.5, 0.6) is 0 Å². The minimum Gasteiger partial charge on any atom is -0.368 e. The molecule has 84 valence electrons. The summed E-state index contributed by atoms with van der Waals surface area (Å²) in [5.41, 5.74) is 1.24. The van der Waals surface area contributed by atoms with Gasteiger partial charge in [0.1, 0.15) is 11.9 Å². The number of piperazine rings is 1. The zero-order valence-electron chi connectivity index (χ0n) is 9.20. The second-order valence-corrected chi connectivity index (χ2v) is 4.07. The van der Waals surface area contributed by atoms with Crippen LogP contribution in [0.25, 0.3) is 0 Å². The van der Waals surface area contributed by atoms with Crippen LogP contribution in [-0.2, 0) is 0 Å². The molecule has 1 saturated heterocycles. The van der Waals surface area contributed by atoms with Crippen LogP contribution in [0.15, 0.2) is 18.2 Å². The Morgan fingerprint density at radius 2 is 2.38 bits per heavy atom. The van der Waals surface area contributed by atoms with Crippen LogP contribution in [0.2, 0.25) is 0 Å². The molecule has 0 amide bonds. The van der Waals surface area contributed by atoms with E-state index in [0.717, 1.165) is 19.6 Å². The summed E-state index contributed by atoms with van der Waals surface area (Å²) in [6.07, 6.45) is 0. The monoisotopic (exact) mass is 219 g/mol. The number of halogens is 1. The van der Waals surface area contributed by atoms with Crippen molar-refractivity contribution in [1.29, 1.82) is 5.26 Å². The summed E-state index contributed by atoms with van der Waals surface area (Å²) in [5, 5.41) is 12.3. The van der Waals surface area contributed by atoms with E-state index in [-0.39, 0.29) is 5.82 Å². The predicted molar refractivity (Wildman–Crippen MR) is 60.8 cm³/mol. The molecule has 1 aromatic rings. The molecule has 1 atom stereocenters. The predicted octanol–water partition coefficient (Wildman–Crippen LogP) is 1.50. The third-order valence-corrected chi connectivity index (χ3v) is 2.79. The quantitative estimate of drug-likeness (QED) is 0.778. The van der Waals surface area contributed by atoms with Crippen molar-refractivity contribution in [1.82, 2.24) is 5.32 Å². The first-order chi connectivity index (χ1) is 7.70. The summed E-state index contributed by atoms with van der Waals surface area (Å²) in [7, 11) is 0. The molecule has 0 unspecified atom stereocenters. The summed E-state index contributed by atoms with van der Waals surface area (Å²) < 4.78 is 13.2. The van der Waals surface area contributed by atoms with Gasteiger partial charge in [0.05, 0.1) is 11.3 Å². The first kappa shape index (κ1) is 10.9. The SMILES string of the molecule is C[C@H]1CN(c2cc(F)ccc2C#N)CCN1. The molecule has 1 fully saturated rings. The summed E-state index contributed by atoms with van der Waals surface area (Å²) in [6.45, 7) is 4.56. The van der Waals surface area contributed by atoms with Crippen LogP contribution in [0.1, 0.15) is 12.5 Å². The molecule has 1 N–H and O–H groups in total. The van der Waals surface area contributed by atoms with Crippen LogP contribution in [0.4, 0.5) is 10.1 Å². The highest BCUT2D eigenvalue weighted by Crippen LogP contribution is 2.22. The van der Waals surface area contributed by atoms with Crippen molar-refractivity contribution in [3.8, 4) is 6.07 Å². The molecule has 16 heavy (non-hydrogen) atoms. The van der Waals surface area contributed by atoms with Gasteiger partial charge < -0.3 is 10.2 Å². The van der Waals surface area contributed by atoms with Gasteiger partial charge in [-0.1, -0.05) is 0 Å². The van der Waals surface area contributed by atoms with Crippen molar-refractivity contribution in [2.45, 2.75) is 13.0 Å². The van der Waals surface area contributed by atoms with Crippen LogP contribution >= 0.6 is 0 Å². The van der Waals surface area contributed by atoms with Crippen molar-refractivity contribution in [3.05, 3.63) is 29.6 Å². The fourth-order valence-electron chi connectivity index (χ4n) is 2.01. The Labute approximate surface area is 94.5 Å². The molecule has 0 radical (unpaired) electrons. The number of nitriles is 1. The fourth-order valence-corrected chi connectivity index (χ4v) is 2.01. The minimum absolute atomic E-state index is 0.291. The van der Waals surface area contributed by atoms with E-state index in [0.29, 0.717) is 17.3 Å². The summed E-state index contributed by atoms with van der Waals surface area (Å²) in [6, 6.07) is 6.78. The Morgan fingerprint density at radius 1 is 1.56 bits per heavy atom. The zero-order chi connectivity index (χ0) is 11.5. The van der Waals surface area contributed by atoms with Crippen LogP contribution in [0.3, 0.4) is 0 Å². The van der Waals surface area contributed by atoms with Gasteiger partial charge in [-0.2, -0.15) is 5.26 Å². The van der Waals surface area contributed by atoms with E-state index in [1.54, 1.807) is 0 Å². The maximum atomic E-state index is 13.2. The zero-order valence-corrected chi connectivity index (χ0v) is 9.20. The Kier molecular flexibility index (Phi) is 3.07. The molecule has 0 spiro atoms. The number of hydrogen-bond acceptors (Lipinski definition) is 3. The standard InChI is InChI=1S/C12H14FN3/c1-9-8-16(5-4-15-9)12-6-11(13)3-2-10(12)7-14/h2-3,6,9,15H,4-5,8H2,1H3/t9-/m0/s1. The fraction of sp³-hybridized carbons (Fsp3) is 0.417. The van der Waals surface area contributed by atoms with E-state index in [2.05, 4.69) is 23.2 Å². The number of nitrogens with one attached hydrogen (secondary N) is 1. The van der Waals surface area contributed by atoms with Gasteiger partial charge in [-0.3, -0.25) is 0 Å². The first-order valence-electron chi connectivity index (χ1n) is 5.38. The molecular weight excluding hydrogens is 205 g/mol. The van der Waals surface area contributed by atoms with Crippen LogP contribution in [-0.4, -0.2) is 25.7 Å². The largest absolute Gasteiger partial charge is 0.368 e. The second-order valence-electron chi connectivity index (χ2n) is 4.07. The lowest BCUT2D eigenvalue weighted by Crippen LogP contribution is -2.49. The topological polar surface area (TPSA) is 39.1 Å². The van der Waals surface area contributed by atoms with Crippen molar-refractivity contribution >= 4 is 5.69 Å². The van der Waals surface area contributed by atoms with E-state index in [1.807, 2.05) is 0 Å². The smallest absolute Gasteiger partial charge is 0.125 e. The lowest BCUT2D eigenvalue weighted by molar-refractivity contribution is 0.484. The number of anilines is 1. The van der Waals surface area contributed by atoms with E-state index >= 15 is 0 Å². The molecule has 3 nitrogen and oxygen atoms in total. The van der Waals surface area contributed by atoms with Gasteiger partial charge in [0.15, 0.2) is 0 Å². The third kappa shape index (κ3) is 2.15. The molecule has 1 aromatic carbocycles. The normalized spacial score (nSPS) is 20.6. The van der Waals surface area contributed by atoms with Gasteiger partial charge in [-0.25, -0.2) is 4.39 Å². The Morgan fingerprint density at radius 3 is 3.06 bits per heavy atom. The molecule has 0 aliphatic carbocycles. The van der Waals surface area contributed by atoms with E-state index < -0.39 is 0 Å². The Bertz CT molecular complexity index is 425. The molecule has 2 rings (SSSR count). The van der Waals surface area contributed by atoms with Gasteiger partial charge in [0, 0.05) is 25.7 Å². The maximum absolute atomic E-state index is 13.2. The van der Waals surface area contributed by atoms with Crippen LogP contribution in [0, 0.1) is 17.1 Å². The summed E-state index contributed by atoms with van der Waals surface area (Å²) in [5.74, 6) is -0.291. The van der Waals surface area contributed by atoms with Gasteiger partial charge >= 0.3 is 0 Å². The van der Waals surface area contributed by atoms with Crippen molar-refractivity contribution < 1.29 is 4.39 Å². The molecule has 1 heterocycles. The van der Waals surface area contributed by atoms with E-state index in [1.165, 1.54) is 18.2 Å². The van der Waals surface area contributed by atoms with Gasteiger partial charge in [0.25, 0.3) is 0 Å². The molecular formula is C12H14FN3. The van der Waals surface area contributed by atoms with E-state index in [4.69, 9.17) is 5.26 Å².